The topological polar surface area (TPSA) is 44.9 Å². The van der Waals surface area contributed by atoms with Gasteiger partial charge in [-0.3, -0.25) is 4.79 Å². The third kappa shape index (κ3) is 3.74. The lowest BCUT2D eigenvalue weighted by molar-refractivity contribution is -0.121. The van der Waals surface area contributed by atoms with E-state index in [0.717, 1.165) is 38.8 Å². The third-order valence-electron chi connectivity index (χ3n) is 4.24. The quantitative estimate of drug-likeness (QED) is 0.633. The molecule has 1 amide bonds. The molecule has 1 aromatic heterocycles. The molecule has 2 N–H and O–H groups in total. The van der Waals surface area contributed by atoms with Crippen LogP contribution >= 0.6 is 15.9 Å². The van der Waals surface area contributed by atoms with Crippen LogP contribution in [0, 0.1) is 18.6 Å². The molecule has 3 nitrogen and oxygen atoms in total. The van der Waals surface area contributed by atoms with Gasteiger partial charge in [0.05, 0.1) is 12.5 Å². The molecule has 1 unspecified atom stereocenters. The van der Waals surface area contributed by atoms with E-state index in [4.69, 9.17) is 0 Å². The lowest BCUT2D eigenvalue weighted by atomic mass is 10.1. The molecule has 1 heterocycles. The fraction of sp³-hybridized carbons (Fsp3) is 0.211. The maximum absolute atomic E-state index is 13.4. The van der Waals surface area contributed by atoms with Crippen LogP contribution in [-0.2, 0) is 11.2 Å². The first-order chi connectivity index (χ1) is 11.8. The Bertz CT molecular complexity index is 952. The fourth-order valence-electron chi connectivity index (χ4n) is 2.90. The molecule has 0 bridgehead atoms. The minimum atomic E-state index is -0.920. The summed E-state index contributed by atoms with van der Waals surface area (Å²) in [6.07, 6.45) is 0.205. The number of carbonyl (C=O) groups is 1. The van der Waals surface area contributed by atoms with Crippen molar-refractivity contribution in [3.8, 4) is 0 Å². The van der Waals surface area contributed by atoms with Crippen LogP contribution in [0.15, 0.2) is 40.9 Å². The van der Waals surface area contributed by atoms with Gasteiger partial charge in [0.25, 0.3) is 0 Å². The van der Waals surface area contributed by atoms with Gasteiger partial charge in [-0.2, -0.15) is 0 Å². The Morgan fingerprint density at radius 3 is 2.68 bits per heavy atom. The van der Waals surface area contributed by atoms with Gasteiger partial charge in [-0.05, 0) is 55.3 Å². The summed E-state index contributed by atoms with van der Waals surface area (Å²) >= 11 is 3.44. The second-order valence-corrected chi connectivity index (χ2v) is 6.97. The molecule has 1 atom stereocenters. The molecule has 6 heteroatoms. The zero-order valence-corrected chi connectivity index (χ0v) is 15.4. The molecular formula is C19H17BrF2N2O. The number of hydrogen-bond donors (Lipinski definition) is 2. The van der Waals surface area contributed by atoms with Gasteiger partial charge < -0.3 is 10.3 Å². The van der Waals surface area contributed by atoms with Gasteiger partial charge in [0.15, 0.2) is 11.6 Å². The molecule has 0 spiro atoms. The number of fused-ring (bicyclic) bond motifs is 1. The highest BCUT2D eigenvalue weighted by molar-refractivity contribution is 9.10. The van der Waals surface area contributed by atoms with E-state index in [1.807, 2.05) is 25.1 Å². The minimum Gasteiger partial charge on any atom is -0.358 e. The molecule has 0 aliphatic rings. The number of amides is 1. The molecule has 25 heavy (non-hydrogen) atoms. The number of aryl methyl sites for hydroxylation is 1. The predicted molar refractivity (Wildman–Crippen MR) is 97.4 cm³/mol. The van der Waals surface area contributed by atoms with Gasteiger partial charge in [-0.1, -0.05) is 22.0 Å². The molecule has 3 rings (SSSR count). The third-order valence-corrected chi connectivity index (χ3v) is 4.73. The van der Waals surface area contributed by atoms with Crippen LogP contribution < -0.4 is 5.32 Å². The summed E-state index contributed by atoms with van der Waals surface area (Å²) in [6, 6.07) is 9.09. The summed E-state index contributed by atoms with van der Waals surface area (Å²) in [5, 5.41) is 3.82. The van der Waals surface area contributed by atoms with Crippen LogP contribution in [0.4, 0.5) is 8.78 Å². The number of halogens is 3. The van der Waals surface area contributed by atoms with Crippen molar-refractivity contribution in [2.24, 2.45) is 0 Å². The normalized spacial score (nSPS) is 12.4. The van der Waals surface area contributed by atoms with E-state index in [9.17, 15) is 13.6 Å². The Hall–Kier alpha value is -2.21. The molecule has 0 aliphatic heterocycles. The van der Waals surface area contributed by atoms with Gasteiger partial charge in [0, 0.05) is 21.1 Å². The van der Waals surface area contributed by atoms with E-state index in [1.165, 1.54) is 6.07 Å². The van der Waals surface area contributed by atoms with Crippen molar-refractivity contribution in [2.75, 3.05) is 0 Å². The van der Waals surface area contributed by atoms with Crippen molar-refractivity contribution in [1.29, 1.82) is 0 Å². The molecule has 0 fully saturated rings. The van der Waals surface area contributed by atoms with Crippen molar-refractivity contribution in [3.05, 3.63) is 69.3 Å². The van der Waals surface area contributed by atoms with E-state index >= 15 is 0 Å². The maximum atomic E-state index is 13.4. The molecule has 0 aliphatic carbocycles. The van der Waals surface area contributed by atoms with Crippen molar-refractivity contribution >= 4 is 32.7 Å². The Balaban J connectivity index is 1.77. The molecule has 0 radical (unpaired) electrons. The van der Waals surface area contributed by atoms with Gasteiger partial charge in [-0.15, -0.1) is 0 Å². The van der Waals surface area contributed by atoms with Gasteiger partial charge in [0.2, 0.25) is 5.91 Å². The molecule has 0 saturated carbocycles. The highest BCUT2D eigenvalue weighted by atomic mass is 79.9. The Kier molecular flexibility index (Phi) is 4.90. The number of nitrogens with one attached hydrogen (secondary N) is 2. The van der Waals surface area contributed by atoms with Gasteiger partial charge in [-0.25, -0.2) is 8.78 Å². The average molecular weight is 407 g/mol. The average Bonchev–Trinajstić information content (AvgIpc) is 2.85. The monoisotopic (exact) mass is 406 g/mol. The van der Waals surface area contributed by atoms with Crippen LogP contribution in [0.3, 0.4) is 0 Å². The van der Waals surface area contributed by atoms with E-state index in [-0.39, 0.29) is 12.3 Å². The number of H-pyrrole nitrogens is 1. The number of hydrogen-bond acceptors (Lipinski definition) is 1. The van der Waals surface area contributed by atoms with Crippen molar-refractivity contribution in [1.82, 2.24) is 10.3 Å². The van der Waals surface area contributed by atoms with E-state index in [2.05, 4.69) is 26.2 Å². The summed E-state index contributed by atoms with van der Waals surface area (Å²) in [4.78, 5) is 15.7. The summed E-state index contributed by atoms with van der Waals surface area (Å²) in [7, 11) is 0. The maximum Gasteiger partial charge on any atom is 0.224 e. The van der Waals surface area contributed by atoms with Crippen molar-refractivity contribution < 1.29 is 13.6 Å². The molecular weight excluding hydrogens is 390 g/mol. The largest absolute Gasteiger partial charge is 0.358 e. The summed E-state index contributed by atoms with van der Waals surface area (Å²) < 4.78 is 27.3. The molecule has 130 valence electrons. The summed E-state index contributed by atoms with van der Waals surface area (Å²) in [5.41, 5.74) is 3.35. The first kappa shape index (κ1) is 17.6. The minimum absolute atomic E-state index is 0.179. The van der Waals surface area contributed by atoms with E-state index in [0.29, 0.717) is 5.56 Å². The second-order valence-electron chi connectivity index (χ2n) is 6.06. The Morgan fingerprint density at radius 2 is 1.96 bits per heavy atom. The van der Waals surface area contributed by atoms with Crippen LogP contribution in [0.1, 0.15) is 29.8 Å². The molecule has 2 aromatic carbocycles. The van der Waals surface area contributed by atoms with Crippen LogP contribution in [-0.4, -0.2) is 10.9 Å². The van der Waals surface area contributed by atoms with Crippen LogP contribution in [0.2, 0.25) is 0 Å². The number of aromatic amines is 1. The Morgan fingerprint density at radius 1 is 1.20 bits per heavy atom. The smallest absolute Gasteiger partial charge is 0.224 e. The summed E-state index contributed by atoms with van der Waals surface area (Å²) in [5.74, 6) is -2.00. The number of rotatable bonds is 4. The number of carbonyl (C=O) groups excluding carboxylic acids is 1. The number of aromatic nitrogens is 1. The first-order valence-electron chi connectivity index (χ1n) is 7.86. The highest BCUT2D eigenvalue weighted by Crippen LogP contribution is 2.26. The standard InChI is InChI=1S/C19H17BrF2N2O/c1-10(12-3-5-16(21)17(22)7-12)24-19(25)9-14-11(2)23-18-6-4-13(20)8-15(14)18/h3-8,10,23H,9H2,1-2H3,(H,24,25). The predicted octanol–water partition coefficient (Wildman–Crippen LogP) is 4.94. The lowest BCUT2D eigenvalue weighted by Gasteiger charge is -2.15. The SMILES string of the molecule is Cc1[nH]c2ccc(Br)cc2c1CC(=O)NC(C)c1ccc(F)c(F)c1. The van der Waals surface area contributed by atoms with Crippen LogP contribution in [0.25, 0.3) is 10.9 Å². The van der Waals surface area contributed by atoms with Crippen molar-refractivity contribution in [3.63, 3.8) is 0 Å². The Labute approximate surface area is 152 Å². The lowest BCUT2D eigenvalue weighted by Crippen LogP contribution is -2.28. The van der Waals surface area contributed by atoms with E-state index < -0.39 is 17.7 Å². The van der Waals surface area contributed by atoms with E-state index in [1.54, 1.807) is 6.92 Å². The zero-order chi connectivity index (χ0) is 18.1. The van der Waals surface area contributed by atoms with Gasteiger partial charge >= 0.3 is 0 Å². The van der Waals surface area contributed by atoms with Crippen LogP contribution in [0.5, 0.6) is 0 Å². The van der Waals surface area contributed by atoms with Gasteiger partial charge in [0.1, 0.15) is 0 Å². The first-order valence-corrected chi connectivity index (χ1v) is 8.65. The number of benzene rings is 2. The highest BCUT2D eigenvalue weighted by Gasteiger charge is 2.16. The van der Waals surface area contributed by atoms with Crippen molar-refractivity contribution in [2.45, 2.75) is 26.3 Å². The molecule has 3 aromatic rings. The fourth-order valence-corrected chi connectivity index (χ4v) is 3.26. The molecule has 0 saturated heterocycles. The zero-order valence-electron chi connectivity index (χ0n) is 13.8. The summed E-state index contributed by atoms with van der Waals surface area (Å²) in [6.45, 7) is 3.67. The second kappa shape index (κ2) is 6.96.